The molecular weight excluding hydrogens is 284 g/mol. The van der Waals surface area contributed by atoms with Gasteiger partial charge < -0.3 is 16.2 Å². The number of fused-ring (bicyclic) bond motifs is 1. The van der Waals surface area contributed by atoms with Gasteiger partial charge in [-0.25, -0.2) is 4.98 Å². The minimum Gasteiger partial charge on any atom is -0.396 e. The molecule has 21 heavy (non-hydrogen) atoms. The van der Waals surface area contributed by atoms with Crippen LogP contribution >= 0.6 is 13.5 Å². The zero-order valence-corrected chi connectivity index (χ0v) is 13.6. The third kappa shape index (κ3) is 4.22. The third-order valence-corrected chi connectivity index (χ3v) is 3.40. The highest BCUT2D eigenvalue weighted by Crippen LogP contribution is 2.26. The zero-order chi connectivity index (χ0) is 14.5. The fourth-order valence-corrected chi connectivity index (χ4v) is 2.46. The number of hydrogen-bond acceptors (Lipinski definition) is 5. The van der Waals surface area contributed by atoms with Gasteiger partial charge in [0.15, 0.2) is 0 Å². The van der Waals surface area contributed by atoms with Crippen molar-refractivity contribution in [1.29, 1.82) is 0 Å². The maximum absolute atomic E-state index is 9.17. The Kier molecular flexibility index (Phi) is 6.71. The first-order valence-corrected chi connectivity index (χ1v) is 7.06. The summed E-state index contributed by atoms with van der Waals surface area (Å²) in [4.78, 5) is 8.61. The van der Waals surface area contributed by atoms with Crippen LogP contribution in [0.5, 0.6) is 0 Å². The lowest BCUT2D eigenvalue weighted by Gasteiger charge is -2.19. The molecule has 1 aromatic heterocycles. The summed E-state index contributed by atoms with van der Waals surface area (Å²) < 4.78 is 0. The second-order valence-electron chi connectivity index (χ2n) is 5.04. The van der Waals surface area contributed by atoms with E-state index in [1.165, 1.54) is 0 Å². The summed E-state index contributed by atoms with van der Waals surface area (Å²) in [5, 5.41) is 13.6. The normalized spacial score (nSPS) is 12.0. The molecule has 0 fully saturated rings. The first kappa shape index (κ1) is 17.5. The Morgan fingerprint density at radius 2 is 2.05 bits per heavy atom. The molecule has 2 rings (SSSR count). The number of nitrogens with zero attached hydrogens (tertiary/aromatic N) is 2. The van der Waals surface area contributed by atoms with E-state index in [9.17, 15) is 0 Å². The van der Waals surface area contributed by atoms with Crippen LogP contribution < -0.4 is 11.1 Å². The van der Waals surface area contributed by atoms with Gasteiger partial charge in [-0.3, -0.25) is 0 Å². The summed E-state index contributed by atoms with van der Waals surface area (Å²) >= 11 is 0. The second kappa shape index (κ2) is 8.05. The molecule has 0 bridgehead atoms. The largest absolute Gasteiger partial charge is 0.396 e. The van der Waals surface area contributed by atoms with Crippen molar-refractivity contribution in [2.45, 2.75) is 39.2 Å². The Morgan fingerprint density at radius 1 is 1.29 bits per heavy atom. The molecule has 5 nitrogen and oxygen atoms in total. The number of rotatable bonds is 6. The molecule has 0 spiro atoms. The molecule has 0 unspecified atom stereocenters. The van der Waals surface area contributed by atoms with Gasteiger partial charge in [-0.1, -0.05) is 25.5 Å². The number of nitrogens with one attached hydrogen (secondary N) is 1. The minimum absolute atomic E-state index is 0. The number of hydrogen-bond donors (Lipinski definition) is 3. The molecule has 116 valence electrons. The Bertz CT molecular complexity index is 585. The van der Waals surface area contributed by atoms with E-state index in [1.807, 2.05) is 25.1 Å². The molecule has 6 heteroatoms. The van der Waals surface area contributed by atoms with Gasteiger partial charge in [-0.15, -0.1) is 0 Å². The lowest BCUT2D eigenvalue weighted by atomic mass is 10.1. The van der Waals surface area contributed by atoms with Gasteiger partial charge in [0.05, 0.1) is 5.52 Å². The zero-order valence-electron chi connectivity index (χ0n) is 12.6. The van der Waals surface area contributed by atoms with Gasteiger partial charge in [0, 0.05) is 18.0 Å². The summed E-state index contributed by atoms with van der Waals surface area (Å²) in [5.41, 5.74) is 7.75. The molecule has 0 radical (unpaired) electrons. The van der Waals surface area contributed by atoms with E-state index < -0.39 is 0 Å². The van der Waals surface area contributed by atoms with E-state index in [0.717, 1.165) is 35.1 Å². The second-order valence-corrected chi connectivity index (χ2v) is 5.04. The molecule has 2 aromatic rings. The molecule has 0 aliphatic heterocycles. The Hall–Kier alpha value is -1.53. The van der Waals surface area contributed by atoms with Crippen LogP contribution in [-0.2, 0) is 0 Å². The first-order chi connectivity index (χ1) is 9.65. The van der Waals surface area contributed by atoms with Crippen molar-refractivity contribution in [3.8, 4) is 0 Å². The van der Waals surface area contributed by atoms with E-state index in [1.54, 1.807) is 0 Å². The van der Waals surface area contributed by atoms with Crippen molar-refractivity contribution in [3.63, 3.8) is 0 Å². The maximum Gasteiger partial charge on any atom is 0.222 e. The number of anilines is 2. The number of aliphatic hydroxyl groups excluding tert-OH is 1. The Labute approximate surface area is 132 Å². The van der Waals surface area contributed by atoms with E-state index in [0.29, 0.717) is 6.42 Å². The van der Waals surface area contributed by atoms with Crippen molar-refractivity contribution in [1.82, 2.24) is 9.97 Å². The number of nitrogens with two attached hydrogens (primary N) is 1. The van der Waals surface area contributed by atoms with Crippen LogP contribution in [0.4, 0.5) is 11.8 Å². The maximum atomic E-state index is 9.17. The third-order valence-electron chi connectivity index (χ3n) is 3.40. The molecule has 1 aromatic carbocycles. The van der Waals surface area contributed by atoms with E-state index in [4.69, 9.17) is 10.8 Å². The predicted molar refractivity (Wildman–Crippen MR) is 93.1 cm³/mol. The quantitative estimate of drug-likeness (QED) is 0.764. The highest BCUT2D eigenvalue weighted by Gasteiger charge is 2.13. The molecule has 0 saturated heterocycles. The molecule has 0 aliphatic carbocycles. The topological polar surface area (TPSA) is 84.1 Å². The Balaban J connectivity index is 0.00000220. The molecule has 0 saturated carbocycles. The van der Waals surface area contributed by atoms with Gasteiger partial charge in [0.25, 0.3) is 0 Å². The smallest absolute Gasteiger partial charge is 0.222 e. The molecular formula is C15H24N4OS. The lowest BCUT2D eigenvalue weighted by Crippen LogP contribution is -2.22. The van der Waals surface area contributed by atoms with Gasteiger partial charge >= 0.3 is 0 Å². The number of aromatic nitrogens is 2. The highest BCUT2D eigenvalue weighted by atomic mass is 32.1. The lowest BCUT2D eigenvalue weighted by molar-refractivity contribution is 0.276. The molecule has 1 atom stereocenters. The highest BCUT2D eigenvalue weighted by molar-refractivity contribution is 7.59. The SMILES string of the molecule is CCC[C@@H](CCO)Nc1nc(N)nc2cccc(C)c12.S. The number of benzene rings is 1. The number of nitrogen functional groups attached to an aromatic ring is 1. The standard InChI is InChI=1S/C15H22N4O.H2S/c1-3-5-11(8-9-20)17-14-13-10(2)6-4-7-12(13)18-15(16)19-14;/h4,6-7,11,20H,3,5,8-9H2,1-2H3,(H3,16,17,18,19);1H2/t11-;/m0./s1. The van der Waals surface area contributed by atoms with Gasteiger partial charge in [0.2, 0.25) is 5.95 Å². The Morgan fingerprint density at radius 3 is 2.71 bits per heavy atom. The van der Waals surface area contributed by atoms with Crippen LogP contribution in [0.3, 0.4) is 0 Å². The van der Waals surface area contributed by atoms with Gasteiger partial charge in [0.1, 0.15) is 5.82 Å². The van der Waals surface area contributed by atoms with Crippen LogP contribution in [-0.4, -0.2) is 27.7 Å². The van der Waals surface area contributed by atoms with Crippen molar-refractivity contribution in [2.24, 2.45) is 0 Å². The summed E-state index contributed by atoms with van der Waals surface area (Å²) in [5.74, 6) is 1.03. The van der Waals surface area contributed by atoms with Crippen LogP contribution in [0.15, 0.2) is 18.2 Å². The van der Waals surface area contributed by atoms with Crippen LogP contribution in [0, 0.1) is 6.92 Å². The average molecular weight is 308 g/mol. The van der Waals surface area contributed by atoms with E-state index >= 15 is 0 Å². The van der Waals surface area contributed by atoms with Crippen LogP contribution in [0.2, 0.25) is 0 Å². The molecule has 0 aliphatic rings. The summed E-state index contributed by atoms with van der Waals surface area (Å²) in [6.45, 7) is 4.33. The van der Waals surface area contributed by atoms with Gasteiger partial charge in [-0.2, -0.15) is 18.5 Å². The summed E-state index contributed by atoms with van der Waals surface area (Å²) in [7, 11) is 0. The number of aryl methyl sites for hydroxylation is 1. The van der Waals surface area contributed by atoms with Gasteiger partial charge in [-0.05, 0) is 31.4 Å². The molecule has 4 N–H and O–H groups in total. The fraction of sp³-hybridized carbons (Fsp3) is 0.467. The first-order valence-electron chi connectivity index (χ1n) is 7.06. The van der Waals surface area contributed by atoms with Crippen molar-refractivity contribution < 1.29 is 5.11 Å². The van der Waals surface area contributed by atoms with Crippen LogP contribution in [0.1, 0.15) is 31.7 Å². The number of aliphatic hydroxyl groups is 1. The average Bonchev–Trinajstić information content (AvgIpc) is 2.38. The summed E-state index contributed by atoms with van der Waals surface area (Å²) in [6.07, 6.45) is 2.73. The minimum atomic E-state index is 0. The fourth-order valence-electron chi connectivity index (χ4n) is 2.46. The molecule has 0 amide bonds. The van der Waals surface area contributed by atoms with Crippen LogP contribution in [0.25, 0.3) is 10.9 Å². The van der Waals surface area contributed by atoms with Crippen molar-refractivity contribution in [3.05, 3.63) is 23.8 Å². The molecule has 1 heterocycles. The van der Waals surface area contributed by atoms with Crippen molar-refractivity contribution >= 4 is 36.2 Å². The predicted octanol–water partition coefficient (Wildman–Crippen LogP) is 2.60. The van der Waals surface area contributed by atoms with Crippen molar-refractivity contribution in [2.75, 3.05) is 17.7 Å². The summed E-state index contributed by atoms with van der Waals surface area (Å²) in [6, 6.07) is 6.13. The van der Waals surface area contributed by atoms with E-state index in [2.05, 4.69) is 22.2 Å². The van der Waals surface area contributed by atoms with E-state index in [-0.39, 0.29) is 32.1 Å². The monoisotopic (exact) mass is 308 g/mol.